The minimum Gasteiger partial charge on any atom is -0.380 e. The van der Waals surface area contributed by atoms with Crippen LogP contribution in [0, 0.1) is 29.4 Å². The van der Waals surface area contributed by atoms with Crippen molar-refractivity contribution < 1.29 is 17.6 Å². The largest absolute Gasteiger partial charge is 0.380 e. The van der Waals surface area contributed by atoms with Gasteiger partial charge in [-0.05, 0) is 44.7 Å². The first kappa shape index (κ1) is 17.0. The predicted octanol–water partition coefficient (Wildman–Crippen LogP) is 3.56. The fourth-order valence-electron chi connectivity index (χ4n) is 2.81. The highest BCUT2D eigenvalue weighted by atomic mass is 19.2. The molecule has 3 nitrogen and oxygen atoms in total. The minimum atomic E-state index is -1.64. The average Bonchev–Trinajstić information content (AvgIpc) is 2.48. The molecule has 1 aliphatic heterocycles. The van der Waals surface area contributed by atoms with E-state index < -0.39 is 29.2 Å². The van der Waals surface area contributed by atoms with E-state index >= 15 is 0 Å². The molecule has 0 spiro atoms. The summed E-state index contributed by atoms with van der Waals surface area (Å²) < 4.78 is 52.6. The van der Waals surface area contributed by atoms with E-state index in [1.807, 2.05) is 0 Å². The van der Waals surface area contributed by atoms with Crippen LogP contribution in [0.15, 0.2) is 0 Å². The summed E-state index contributed by atoms with van der Waals surface area (Å²) in [5, 5.41) is 2.42. The third-order valence-electron chi connectivity index (χ3n) is 3.94. The highest BCUT2D eigenvalue weighted by Gasteiger charge is 2.20. The van der Waals surface area contributed by atoms with Gasteiger partial charge in [0.1, 0.15) is 5.69 Å². The average molecular weight is 319 g/mol. The van der Waals surface area contributed by atoms with Crippen molar-refractivity contribution in [2.24, 2.45) is 5.92 Å². The third-order valence-corrected chi connectivity index (χ3v) is 3.94. The van der Waals surface area contributed by atoms with Crippen molar-refractivity contribution in [3.8, 4) is 0 Å². The fraction of sp³-hybridized carbons (Fsp3) is 0.667. The summed E-state index contributed by atoms with van der Waals surface area (Å²) in [6, 6.07) is 0. The Bertz CT molecular complexity index is 484. The number of anilines is 1. The Kier molecular flexibility index (Phi) is 5.99. The highest BCUT2D eigenvalue weighted by Crippen LogP contribution is 2.22. The number of pyridine rings is 1. The number of nitrogens with zero attached hydrogens (tertiary/aromatic N) is 2. The zero-order valence-electron chi connectivity index (χ0n) is 12.6. The van der Waals surface area contributed by atoms with Crippen molar-refractivity contribution in [2.45, 2.75) is 32.6 Å². The van der Waals surface area contributed by atoms with Gasteiger partial charge < -0.3 is 10.2 Å². The molecule has 1 aromatic rings. The van der Waals surface area contributed by atoms with Crippen LogP contribution in [-0.4, -0.2) is 36.1 Å². The van der Waals surface area contributed by atoms with E-state index in [-0.39, 0.29) is 6.54 Å². The molecule has 0 aliphatic carbocycles. The second kappa shape index (κ2) is 7.76. The van der Waals surface area contributed by atoms with Gasteiger partial charge in [0.05, 0.1) is 0 Å². The molecular formula is C15H21F4N3. The van der Waals surface area contributed by atoms with E-state index in [0.717, 1.165) is 26.1 Å². The summed E-state index contributed by atoms with van der Waals surface area (Å²) in [7, 11) is 0. The molecule has 1 aromatic heterocycles. The zero-order valence-corrected chi connectivity index (χ0v) is 12.6. The maximum atomic E-state index is 13.4. The Morgan fingerprint density at radius 2 is 1.82 bits per heavy atom. The Hall–Kier alpha value is -1.37. The Morgan fingerprint density at radius 3 is 2.45 bits per heavy atom. The molecule has 1 aliphatic rings. The summed E-state index contributed by atoms with van der Waals surface area (Å²) >= 11 is 0. The van der Waals surface area contributed by atoms with E-state index in [1.54, 1.807) is 0 Å². The van der Waals surface area contributed by atoms with Crippen LogP contribution in [0.4, 0.5) is 23.2 Å². The maximum Gasteiger partial charge on any atom is 0.253 e. The number of halogens is 4. The third kappa shape index (κ3) is 4.32. The van der Waals surface area contributed by atoms with Gasteiger partial charge >= 0.3 is 0 Å². The molecule has 7 heteroatoms. The van der Waals surface area contributed by atoms with Gasteiger partial charge in [-0.1, -0.05) is 6.92 Å². The molecule has 2 rings (SSSR count). The Labute approximate surface area is 127 Å². The van der Waals surface area contributed by atoms with Gasteiger partial charge in [-0.25, -0.2) is 0 Å². The van der Waals surface area contributed by atoms with Crippen LogP contribution in [0.25, 0.3) is 0 Å². The number of hydrogen-bond acceptors (Lipinski definition) is 3. The molecule has 1 fully saturated rings. The van der Waals surface area contributed by atoms with Gasteiger partial charge in [-0.3, -0.25) is 0 Å². The van der Waals surface area contributed by atoms with Crippen molar-refractivity contribution in [3.63, 3.8) is 0 Å². The van der Waals surface area contributed by atoms with Crippen LogP contribution >= 0.6 is 0 Å². The fourth-order valence-corrected chi connectivity index (χ4v) is 2.81. The zero-order chi connectivity index (χ0) is 16.1. The van der Waals surface area contributed by atoms with E-state index in [4.69, 9.17) is 0 Å². The maximum absolute atomic E-state index is 13.4. The molecule has 0 aromatic carbocycles. The smallest absolute Gasteiger partial charge is 0.253 e. The first-order chi connectivity index (χ1) is 10.5. The molecule has 1 atom stereocenters. The standard InChI is InChI=1S/C15H21F4N3/c1-10-5-4-8-22(9-10)7-3-2-6-20-13-11(16)14(18)21-15(19)12(13)17/h10H,2-9H2,1H3,(H,20,21). The number of hydrogen-bond donors (Lipinski definition) is 1. The summed E-state index contributed by atoms with van der Waals surface area (Å²) in [5.74, 6) is -5.53. The second-order valence-electron chi connectivity index (χ2n) is 5.88. The molecular weight excluding hydrogens is 298 g/mol. The van der Waals surface area contributed by atoms with Crippen molar-refractivity contribution in [2.75, 3.05) is 31.5 Å². The minimum absolute atomic E-state index is 0.250. The SMILES string of the molecule is CC1CCCN(CCCCNc2c(F)c(F)nc(F)c2F)C1. The molecule has 1 N–H and O–H groups in total. The summed E-state index contributed by atoms with van der Waals surface area (Å²) in [4.78, 5) is 4.89. The molecule has 0 radical (unpaired) electrons. The number of piperidine rings is 1. The molecule has 0 amide bonds. The number of unbranched alkanes of at least 4 members (excludes halogenated alkanes) is 1. The van der Waals surface area contributed by atoms with Gasteiger partial charge in [0.2, 0.25) is 11.6 Å². The van der Waals surface area contributed by atoms with Crippen molar-refractivity contribution in [3.05, 3.63) is 23.5 Å². The molecule has 1 unspecified atom stereocenters. The lowest BCUT2D eigenvalue weighted by molar-refractivity contribution is 0.181. The number of nitrogens with one attached hydrogen (secondary N) is 1. The van der Waals surface area contributed by atoms with Gasteiger partial charge in [-0.2, -0.15) is 22.5 Å². The highest BCUT2D eigenvalue weighted by molar-refractivity contribution is 5.45. The number of aromatic nitrogens is 1. The van der Waals surface area contributed by atoms with Crippen LogP contribution in [0.5, 0.6) is 0 Å². The van der Waals surface area contributed by atoms with Crippen LogP contribution in [0.2, 0.25) is 0 Å². The summed E-state index contributed by atoms with van der Waals surface area (Å²) in [5.41, 5.74) is -0.781. The van der Waals surface area contributed by atoms with Crippen LogP contribution < -0.4 is 5.32 Å². The topological polar surface area (TPSA) is 28.2 Å². The first-order valence-electron chi connectivity index (χ1n) is 7.65. The van der Waals surface area contributed by atoms with Crippen molar-refractivity contribution in [1.82, 2.24) is 9.88 Å². The lowest BCUT2D eigenvalue weighted by atomic mass is 10.0. The van der Waals surface area contributed by atoms with Crippen molar-refractivity contribution in [1.29, 1.82) is 0 Å². The van der Waals surface area contributed by atoms with Gasteiger partial charge in [0.15, 0.2) is 0 Å². The van der Waals surface area contributed by atoms with Crippen LogP contribution in [-0.2, 0) is 0 Å². The molecule has 2 heterocycles. The lowest BCUT2D eigenvalue weighted by Crippen LogP contribution is -2.35. The molecule has 0 saturated carbocycles. The number of rotatable bonds is 6. The molecule has 1 saturated heterocycles. The summed E-state index contributed by atoms with van der Waals surface area (Å²) in [6.07, 6.45) is 3.98. The first-order valence-corrected chi connectivity index (χ1v) is 7.65. The monoisotopic (exact) mass is 319 g/mol. The van der Waals surface area contributed by atoms with E-state index in [9.17, 15) is 17.6 Å². The normalized spacial score (nSPS) is 19.4. The quantitative estimate of drug-likeness (QED) is 0.494. The van der Waals surface area contributed by atoms with Gasteiger partial charge in [0, 0.05) is 13.1 Å². The predicted molar refractivity (Wildman–Crippen MR) is 76.6 cm³/mol. The lowest BCUT2D eigenvalue weighted by Gasteiger charge is -2.30. The molecule has 0 bridgehead atoms. The molecule has 22 heavy (non-hydrogen) atoms. The van der Waals surface area contributed by atoms with Crippen LogP contribution in [0.3, 0.4) is 0 Å². The van der Waals surface area contributed by atoms with E-state index in [1.165, 1.54) is 12.8 Å². The summed E-state index contributed by atoms with van der Waals surface area (Å²) in [6.45, 7) is 5.57. The van der Waals surface area contributed by atoms with Crippen LogP contribution in [0.1, 0.15) is 32.6 Å². The van der Waals surface area contributed by atoms with Gasteiger partial charge in [-0.15, -0.1) is 0 Å². The van der Waals surface area contributed by atoms with Gasteiger partial charge in [0.25, 0.3) is 11.9 Å². The van der Waals surface area contributed by atoms with E-state index in [0.29, 0.717) is 12.3 Å². The van der Waals surface area contributed by atoms with Crippen molar-refractivity contribution >= 4 is 5.69 Å². The Balaban J connectivity index is 1.75. The molecule has 124 valence electrons. The second-order valence-corrected chi connectivity index (χ2v) is 5.88. The Morgan fingerprint density at radius 1 is 1.14 bits per heavy atom. The number of likely N-dealkylation sites (tertiary alicyclic amines) is 1. The van der Waals surface area contributed by atoms with E-state index in [2.05, 4.69) is 22.1 Å².